The third-order valence-corrected chi connectivity index (χ3v) is 6.66. The number of aliphatic hydroxyl groups excluding tert-OH is 3. The number of hydrogen-bond donors (Lipinski definition) is 4. The fourth-order valence-electron chi connectivity index (χ4n) is 4.25. The van der Waals surface area contributed by atoms with E-state index in [0.29, 0.717) is 34.9 Å². The lowest BCUT2D eigenvalue weighted by Gasteiger charge is -2.40. The Hall–Kier alpha value is -3.14. The van der Waals surface area contributed by atoms with Crippen LogP contribution >= 0.6 is 11.6 Å². The topological polar surface area (TPSA) is 131 Å². The fraction of sp³-hybridized carbons (Fsp3) is 0.321. The molecule has 1 heterocycles. The molecule has 8 nitrogen and oxygen atoms in total. The smallest absolute Gasteiger partial charge is 0.248 e. The number of rotatable bonds is 9. The van der Waals surface area contributed by atoms with Crippen LogP contribution in [0, 0.1) is 0 Å². The number of amides is 1. The van der Waals surface area contributed by atoms with Gasteiger partial charge in [-0.05, 0) is 72.5 Å². The zero-order valence-corrected chi connectivity index (χ0v) is 21.0. The zero-order chi connectivity index (χ0) is 26.5. The zero-order valence-electron chi connectivity index (χ0n) is 20.3. The van der Waals surface area contributed by atoms with E-state index >= 15 is 0 Å². The Bertz CT molecular complexity index is 1200. The molecule has 9 heteroatoms. The average Bonchev–Trinajstić information content (AvgIpc) is 2.90. The molecule has 0 aliphatic carbocycles. The van der Waals surface area contributed by atoms with Crippen molar-refractivity contribution in [1.29, 1.82) is 0 Å². The first kappa shape index (κ1) is 26.9. The minimum Gasteiger partial charge on any atom is -0.494 e. The van der Waals surface area contributed by atoms with Gasteiger partial charge in [-0.1, -0.05) is 35.9 Å². The predicted octanol–water partition coefficient (Wildman–Crippen LogP) is 3.03. The maximum atomic E-state index is 11.2. The van der Waals surface area contributed by atoms with Crippen LogP contribution in [0.3, 0.4) is 0 Å². The van der Waals surface area contributed by atoms with Crippen molar-refractivity contribution in [3.05, 3.63) is 94.0 Å². The van der Waals surface area contributed by atoms with Crippen LogP contribution in [0.1, 0.15) is 40.1 Å². The number of carbonyl (C=O) groups excluding carboxylic acids is 1. The van der Waals surface area contributed by atoms with E-state index in [4.69, 9.17) is 31.5 Å². The van der Waals surface area contributed by atoms with Crippen LogP contribution in [0.2, 0.25) is 5.02 Å². The second-order valence-corrected chi connectivity index (χ2v) is 9.28. The van der Waals surface area contributed by atoms with Gasteiger partial charge in [0.05, 0.1) is 6.61 Å². The highest BCUT2D eigenvalue weighted by Crippen LogP contribution is 2.35. The van der Waals surface area contributed by atoms with Crippen molar-refractivity contribution in [2.45, 2.75) is 43.9 Å². The van der Waals surface area contributed by atoms with Gasteiger partial charge in [-0.2, -0.15) is 0 Å². The van der Waals surface area contributed by atoms with Crippen molar-refractivity contribution in [1.82, 2.24) is 0 Å². The molecule has 5 atom stereocenters. The monoisotopic (exact) mass is 527 g/mol. The first-order valence-electron chi connectivity index (χ1n) is 12.0. The Labute approximate surface area is 220 Å². The minimum absolute atomic E-state index is 0.0933. The molecule has 4 rings (SSSR count). The summed E-state index contributed by atoms with van der Waals surface area (Å²) >= 11 is 6.46. The molecule has 0 aromatic heterocycles. The highest BCUT2D eigenvalue weighted by atomic mass is 35.5. The van der Waals surface area contributed by atoms with Gasteiger partial charge < -0.3 is 35.3 Å². The van der Waals surface area contributed by atoms with Crippen molar-refractivity contribution < 1.29 is 34.3 Å². The second kappa shape index (κ2) is 11.9. The molecular weight excluding hydrogens is 498 g/mol. The van der Waals surface area contributed by atoms with Crippen LogP contribution in [0.4, 0.5) is 0 Å². The summed E-state index contributed by atoms with van der Waals surface area (Å²) in [5.41, 5.74) is 8.05. The summed E-state index contributed by atoms with van der Waals surface area (Å²) < 4.78 is 17.2. The lowest BCUT2D eigenvalue weighted by Crippen LogP contribution is -2.55. The van der Waals surface area contributed by atoms with Gasteiger partial charge in [0.1, 0.15) is 48.6 Å². The second-order valence-electron chi connectivity index (χ2n) is 8.87. The van der Waals surface area contributed by atoms with E-state index in [-0.39, 0.29) is 6.61 Å². The van der Waals surface area contributed by atoms with Crippen molar-refractivity contribution in [2.75, 3.05) is 13.2 Å². The van der Waals surface area contributed by atoms with Gasteiger partial charge in [0.25, 0.3) is 0 Å². The summed E-state index contributed by atoms with van der Waals surface area (Å²) in [4.78, 5) is 11.2. The van der Waals surface area contributed by atoms with Gasteiger partial charge in [0.15, 0.2) is 0 Å². The molecule has 1 aliphatic heterocycles. The van der Waals surface area contributed by atoms with E-state index in [9.17, 15) is 20.1 Å². The van der Waals surface area contributed by atoms with E-state index < -0.39 is 36.4 Å². The number of ether oxygens (including phenoxy) is 3. The number of halogens is 1. The van der Waals surface area contributed by atoms with E-state index in [1.165, 1.54) is 12.1 Å². The van der Waals surface area contributed by atoms with Crippen LogP contribution in [-0.4, -0.2) is 58.9 Å². The molecule has 37 heavy (non-hydrogen) atoms. The minimum atomic E-state index is -1.45. The Morgan fingerprint density at radius 2 is 1.57 bits per heavy atom. The standard InChI is InChI=1S/C28H30ClNO7/c1-2-35-20-8-3-16(4-9-20)13-19-14-18(7-12-22(19)29)27-26(33)25(32)24(31)23(37-27)15-36-21-10-5-17(6-11-21)28(30)34/h3-12,14,23-27,31-33H,2,13,15H2,1H3,(H2,30,34). The molecule has 5 N–H and O–H groups in total. The van der Waals surface area contributed by atoms with Crippen LogP contribution in [0.25, 0.3) is 0 Å². The lowest BCUT2D eigenvalue weighted by molar-refractivity contribution is -0.230. The Morgan fingerprint density at radius 1 is 0.919 bits per heavy atom. The molecule has 1 amide bonds. The average molecular weight is 528 g/mol. The predicted molar refractivity (Wildman–Crippen MR) is 138 cm³/mol. The van der Waals surface area contributed by atoms with Crippen molar-refractivity contribution >= 4 is 17.5 Å². The van der Waals surface area contributed by atoms with Crippen molar-refractivity contribution in [3.63, 3.8) is 0 Å². The Balaban J connectivity index is 1.48. The van der Waals surface area contributed by atoms with Gasteiger partial charge in [0, 0.05) is 10.6 Å². The number of aliphatic hydroxyl groups is 3. The van der Waals surface area contributed by atoms with E-state index in [0.717, 1.165) is 16.9 Å². The summed E-state index contributed by atoms with van der Waals surface area (Å²) in [6, 6.07) is 19.2. The molecule has 1 saturated heterocycles. The molecule has 0 saturated carbocycles. The number of carbonyl (C=O) groups is 1. The first-order valence-corrected chi connectivity index (χ1v) is 12.4. The molecule has 1 fully saturated rings. The van der Waals surface area contributed by atoms with Gasteiger partial charge in [0.2, 0.25) is 5.91 Å². The fourth-order valence-corrected chi connectivity index (χ4v) is 4.44. The normalized spacial score (nSPS) is 23.4. The molecule has 1 aliphatic rings. The van der Waals surface area contributed by atoms with Gasteiger partial charge >= 0.3 is 0 Å². The van der Waals surface area contributed by atoms with E-state index in [2.05, 4.69) is 0 Å². The van der Waals surface area contributed by atoms with Crippen LogP contribution in [0.15, 0.2) is 66.7 Å². The molecule has 3 aromatic rings. The maximum Gasteiger partial charge on any atom is 0.248 e. The van der Waals surface area contributed by atoms with Crippen molar-refractivity contribution in [3.8, 4) is 11.5 Å². The molecule has 0 spiro atoms. The van der Waals surface area contributed by atoms with Crippen molar-refractivity contribution in [2.24, 2.45) is 5.73 Å². The summed E-state index contributed by atoms with van der Waals surface area (Å²) in [6.07, 6.45) is -5.48. The number of hydrogen-bond acceptors (Lipinski definition) is 7. The first-order chi connectivity index (χ1) is 17.8. The largest absolute Gasteiger partial charge is 0.494 e. The molecule has 3 aromatic carbocycles. The Kier molecular flexibility index (Phi) is 8.68. The van der Waals surface area contributed by atoms with E-state index in [1.807, 2.05) is 37.3 Å². The van der Waals surface area contributed by atoms with Gasteiger partial charge in [-0.3, -0.25) is 4.79 Å². The Morgan fingerprint density at radius 3 is 2.22 bits per heavy atom. The van der Waals surface area contributed by atoms with Gasteiger partial charge in [-0.25, -0.2) is 0 Å². The number of primary amides is 1. The summed E-state index contributed by atoms with van der Waals surface area (Å²) in [5, 5.41) is 32.3. The summed E-state index contributed by atoms with van der Waals surface area (Å²) in [5.74, 6) is 0.666. The lowest BCUT2D eigenvalue weighted by atomic mass is 9.90. The van der Waals surface area contributed by atoms with E-state index in [1.54, 1.807) is 24.3 Å². The molecular formula is C28H30ClNO7. The molecule has 0 bridgehead atoms. The number of benzene rings is 3. The van der Waals surface area contributed by atoms with Crippen LogP contribution in [0.5, 0.6) is 11.5 Å². The summed E-state index contributed by atoms with van der Waals surface area (Å²) in [6.45, 7) is 2.42. The highest BCUT2D eigenvalue weighted by molar-refractivity contribution is 6.31. The number of nitrogens with two attached hydrogens (primary N) is 1. The molecule has 196 valence electrons. The van der Waals surface area contributed by atoms with Crippen LogP contribution in [-0.2, 0) is 11.2 Å². The highest BCUT2D eigenvalue weighted by Gasteiger charge is 2.44. The summed E-state index contributed by atoms with van der Waals surface area (Å²) in [7, 11) is 0. The molecule has 0 radical (unpaired) electrons. The third-order valence-electron chi connectivity index (χ3n) is 6.29. The van der Waals surface area contributed by atoms with Crippen LogP contribution < -0.4 is 15.2 Å². The quantitative estimate of drug-likeness (QED) is 0.336. The SMILES string of the molecule is CCOc1ccc(Cc2cc(C3OC(COc4ccc(C(N)=O)cc4)C(O)C(O)C3O)ccc2Cl)cc1. The van der Waals surface area contributed by atoms with Gasteiger partial charge in [-0.15, -0.1) is 0 Å². The third kappa shape index (κ3) is 6.41. The maximum absolute atomic E-state index is 11.2. The molecule has 5 unspecified atom stereocenters.